The summed E-state index contributed by atoms with van der Waals surface area (Å²) in [5.41, 5.74) is 3.04. The van der Waals surface area contributed by atoms with E-state index < -0.39 is 35.9 Å². The summed E-state index contributed by atoms with van der Waals surface area (Å²) in [5, 5.41) is 14.0. The third-order valence-electron chi connectivity index (χ3n) is 8.56. The molecule has 1 aromatic heterocycles. The van der Waals surface area contributed by atoms with Gasteiger partial charge in [-0.3, -0.25) is 9.58 Å². The van der Waals surface area contributed by atoms with Crippen LogP contribution in [-0.2, 0) is 0 Å². The van der Waals surface area contributed by atoms with Gasteiger partial charge in [0.25, 0.3) is 6.43 Å². The van der Waals surface area contributed by atoms with Crippen molar-refractivity contribution in [3.8, 4) is 11.1 Å². The fraction of sp³-hybridized carbons (Fsp3) is 0.467. The van der Waals surface area contributed by atoms with E-state index in [1.165, 1.54) is 4.68 Å². The van der Waals surface area contributed by atoms with Gasteiger partial charge < -0.3 is 14.9 Å². The third-order valence-corrected chi connectivity index (χ3v) is 8.79. The highest BCUT2D eigenvalue weighted by molar-refractivity contribution is 6.31. The second-order valence-corrected chi connectivity index (χ2v) is 11.7. The first-order valence-electron chi connectivity index (χ1n) is 14.1. The van der Waals surface area contributed by atoms with Gasteiger partial charge in [0.15, 0.2) is 0 Å². The molecule has 2 saturated heterocycles. The third kappa shape index (κ3) is 6.35. The van der Waals surface area contributed by atoms with Crippen molar-refractivity contribution in [2.75, 3.05) is 55.6 Å². The number of nitrogens with zero attached hydrogens (tertiary/aromatic N) is 5. The van der Waals surface area contributed by atoms with Crippen molar-refractivity contribution in [1.29, 1.82) is 0 Å². The molecular weight excluding hydrogens is 590 g/mol. The molecule has 226 valence electrons. The van der Waals surface area contributed by atoms with E-state index in [2.05, 4.69) is 44.1 Å². The molecule has 2 aromatic carbocycles. The van der Waals surface area contributed by atoms with E-state index in [1.54, 1.807) is 0 Å². The maximum atomic E-state index is 13.9. The summed E-state index contributed by atoms with van der Waals surface area (Å²) < 4.78 is 42.2. The van der Waals surface area contributed by atoms with Gasteiger partial charge in [-0.2, -0.15) is 5.10 Å². The zero-order valence-corrected chi connectivity index (χ0v) is 24.6. The first kappa shape index (κ1) is 30.5. The van der Waals surface area contributed by atoms with Crippen LogP contribution < -0.4 is 9.80 Å². The van der Waals surface area contributed by atoms with E-state index in [0.29, 0.717) is 31.0 Å². The highest BCUT2D eigenvalue weighted by Gasteiger charge is 2.39. The van der Waals surface area contributed by atoms with Crippen molar-refractivity contribution in [1.82, 2.24) is 14.7 Å². The van der Waals surface area contributed by atoms with Crippen LogP contribution in [0, 0.1) is 5.92 Å². The number of carboxylic acids is 1. The molecule has 1 unspecified atom stereocenters. The minimum atomic E-state index is -2.94. The number of alkyl halides is 3. The molecular formula is C30H34Cl2F3N5O2. The summed E-state index contributed by atoms with van der Waals surface area (Å²) >= 11 is 6.42. The van der Waals surface area contributed by atoms with Crippen molar-refractivity contribution >= 4 is 41.4 Å². The molecule has 3 aliphatic rings. The monoisotopic (exact) mass is 623 g/mol. The van der Waals surface area contributed by atoms with E-state index >= 15 is 0 Å². The molecule has 3 fully saturated rings. The van der Waals surface area contributed by atoms with Crippen LogP contribution in [0.3, 0.4) is 0 Å². The lowest BCUT2D eigenvalue weighted by atomic mass is 9.99. The van der Waals surface area contributed by atoms with E-state index in [4.69, 9.17) is 11.6 Å². The number of piperidine rings is 1. The molecule has 42 heavy (non-hydrogen) atoms. The standard InChI is InChI=1S/C30H33ClF3N5O2.ClH/c31-21-5-8-24(19-3-6-22(7-4-19)37-12-10-36(11-13-37)17-20-14-26(20)32)27(15-21)38-9-1-2-23(18-38)39-28(29(33)34)25(16-35-39)30(40)41;/h3-8,15-16,20,23,26,29H,1-2,9-14,17-18H2,(H,40,41);1H/t20-,23?,26+;/m0./s1. The number of carbonyl (C=O) groups is 1. The Balaban J connectivity index is 0.00000353. The van der Waals surface area contributed by atoms with E-state index in [1.807, 2.05) is 18.2 Å². The largest absolute Gasteiger partial charge is 0.478 e. The highest BCUT2D eigenvalue weighted by Crippen LogP contribution is 2.38. The molecule has 2 aliphatic heterocycles. The molecule has 12 heteroatoms. The summed E-state index contributed by atoms with van der Waals surface area (Å²) in [5.74, 6) is -1.19. The Hall–Kier alpha value is -2.95. The minimum absolute atomic E-state index is 0. The number of aromatic carboxylic acids is 1. The number of benzene rings is 2. The molecule has 3 aromatic rings. The Bertz CT molecular complexity index is 1400. The van der Waals surface area contributed by atoms with Crippen LogP contribution >= 0.6 is 24.0 Å². The van der Waals surface area contributed by atoms with Gasteiger partial charge in [-0.15, -0.1) is 12.4 Å². The van der Waals surface area contributed by atoms with E-state index in [0.717, 1.165) is 67.8 Å². The Morgan fingerprint density at radius 2 is 1.76 bits per heavy atom. The van der Waals surface area contributed by atoms with Gasteiger partial charge in [0.2, 0.25) is 0 Å². The van der Waals surface area contributed by atoms with Gasteiger partial charge in [0.05, 0.1) is 12.2 Å². The second-order valence-electron chi connectivity index (χ2n) is 11.2. The fourth-order valence-corrected chi connectivity index (χ4v) is 6.37. The van der Waals surface area contributed by atoms with E-state index in [-0.39, 0.29) is 18.3 Å². The van der Waals surface area contributed by atoms with Crippen LogP contribution in [-0.4, -0.2) is 77.7 Å². The average molecular weight is 625 g/mol. The second kappa shape index (κ2) is 12.7. The molecule has 7 nitrogen and oxygen atoms in total. The number of aromatic nitrogens is 2. The first-order chi connectivity index (χ1) is 19.8. The molecule has 0 bridgehead atoms. The van der Waals surface area contributed by atoms with Gasteiger partial charge in [-0.05, 0) is 49.1 Å². The van der Waals surface area contributed by atoms with Crippen molar-refractivity contribution < 1.29 is 23.1 Å². The van der Waals surface area contributed by atoms with Crippen molar-refractivity contribution in [2.45, 2.75) is 37.9 Å². The first-order valence-corrected chi connectivity index (χ1v) is 14.5. The van der Waals surface area contributed by atoms with Crippen LogP contribution in [0.1, 0.15) is 47.8 Å². The normalized spacial score (nSPS) is 22.7. The van der Waals surface area contributed by atoms with Gasteiger partial charge in [0, 0.05) is 73.7 Å². The predicted molar refractivity (Wildman–Crippen MR) is 160 cm³/mol. The molecule has 1 aliphatic carbocycles. The SMILES string of the molecule is Cl.O=C(O)c1cnn(C2CCCN(c3cc(Cl)ccc3-c3ccc(N4CCN(C[C@@H]5C[C@H]5F)CC4)cc3)C2)c1C(F)F. The summed E-state index contributed by atoms with van der Waals surface area (Å²) in [7, 11) is 0. The highest BCUT2D eigenvalue weighted by atomic mass is 35.5. The molecule has 1 saturated carbocycles. The molecule has 0 amide bonds. The predicted octanol–water partition coefficient (Wildman–Crippen LogP) is 6.58. The topological polar surface area (TPSA) is 64.8 Å². The molecule has 0 radical (unpaired) electrons. The zero-order chi connectivity index (χ0) is 28.7. The van der Waals surface area contributed by atoms with Crippen molar-refractivity contribution in [3.05, 3.63) is 64.9 Å². The number of anilines is 2. The maximum Gasteiger partial charge on any atom is 0.339 e. The Kier molecular flexibility index (Phi) is 9.25. The van der Waals surface area contributed by atoms with Crippen LogP contribution in [0.4, 0.5) is 24.5 Å². The summed E-state index contributed by atoms with van der Waals surface area (Å²) in [6, 6.07) is 13.7. The Morgan fingerprint density at radius 1 is 1.05 bits per heavy atom. The lowest BCUT2D eigenvalue weighted by molar-refractivity contribution is 0.0681. The van der Waals surface area contributed by atoms with Crippen LogP contribution in [0.15, 0.2) is 48.7 Å². The Labute approximate surface area is 254 Å². The van der Waals surface area contributed by atoms with Crippen molar-refractivity contribution in [3.63, 3.8) is 0 Å². The quantitative estimate of drug-likeness (QED) is 0.306. The molecule has 6 rings (SSSR count). The van der Waals surface area contributed by atoms with Crippen molar-refractivity contribution in [2.24, 2.45) is 5.92 Å². The number of hydrogen-bond acceptors (Lipinski definition) is 5. The fourth-order valence-electron chi connectivity index (χ4n) is 6.20. The Morgan fingerprint density at radius 3 is 2.40 bits per heavy atom. The molecule has 3 atom stereocenters. The van der Waals surface area contributed by atoms with Gasteiger partial charge in [-0.1, -0.05) is 29.8 Å². The number of hydrogen-bond donors (Lipinski definition) is 1. The minimum Gasteiger partial charge on any atom is -0.478 e. The van der Waals surface area contributed by atoms with Crippen LogP contribution in [0.25, 0.3) is 11.1 Å². The zero-order valence-electron chi connectivity index (χ0n) is 23.0. The average Bonchev–Trinajstić information content (AvgIpc) is 3.47. The van der Waals surface area contributed by atoms with Gasteiger partial charge in [0.1, 0.15) is 17.4 Å². The maximum absolute atomic E-state index is 13.9. The van der Waals surface area contributed by atoms with Crippen LogP contribution in [0.2, 0.25) is 5.02 Å². The molecule has 3 heterocycles. The molecule has 0 spiro atoms. The van der Waals surface area contributed by atoms with Gasteiger partial charge >= 0.3 is 5.97 Å². The lowest BCUT2D eigenvalue weighted by Crippen LogP contribution is -2.47. The molecule has 1 N–H and O–H groups in total. The number of piperazine rings is 1. The number of rotatable bonds is 8. The van der Waals surface area contributed by atoms with E-state index in [9.17, 15) is 23.1 Å². The number of halogens is 5. The summed E-state index contributed by atoms with van der Waals surface area (Å²) in [6.07, 6.45) is -0.481. The smallest absolute Gasteiger partial charge is 0.339 e. The van der Waals surface area contributed by atoms with Gasteiger partial charge in [-0.25, -0.2) is 18.0 Å². The lowest BCUT2D eigenvalue weighted by Gasteiger charge is -2.37. The number of carboxylic acid groups (broad SMARTS) is 1. The summed E-state index contributed by atoms with van der Waals surface area (Å²) in [6.45, 7) is 5.65. The summed E-state index contributed by atoms with van der Waals surface area (Å²) in [4.78, 5) is 18.3. The van der Waals surface area contributed by atoms with Crippen LogP contribution in [0.5, 0.6) is 0 Å².